The molecule has 0 unspecified atom stereocenters. The third-order valence-corrected chi connectivity index (χ3v) is 3.73. The monoisotopic (exact) mass is 340 g/mol. The molecule has 24 heavy (non-hydrogen) atoms. The van der Waals surface area contributed by atoms with Crippen LogP contribution in [0.3, 0.4) is 0 Å². The molecule has 2 heterocycles. The van der Waals surface area contributed by atoms with Crippen molar-refractivity contribution >= 4 is 11.9 Å². The lowest BCUT2D eigenvalue weighted by Crippen LogP contribution is -2.28. The van der Waals surface area contributed by atoms with Gasteiger partial charge in [-0.05, 0) is 19.4 Å². The van der Waals surface area contributed by atoms with E-state index in [-0.39, 0.29) is 18.1 Å². The van der Waals surface area contributed by atoms with Gasteiger partial charge in [0.2, 0.25) is 0 Å². The molecule has 0 saturated heterocycles. The number of halogens is 2. The summed E-state index contributed by atoms with van der Waals surface area (Å²) in [5.74, 6) is -0.916. The van der Waals surface area contributed by atoms with Gasteiger partial charge in [0, 0.05) is 25.1 Å². The largest absolute Gasteiger partial charge is 0.465 e. The topological polar surface area (TPSA) is 80.2 Å². The molecule has 0 atom stereocenters. The third kappa shape index (κ3) is 3.15. The maximum atomic E-state index is 12.8. The van der Waals surface area contributed by atoms with E-state index in [4.69, 9.17) is 4.74 Å². The summed E-state index contributed by atoms with van der Waals surface area (Å²) in [4.78, 5) is 32.3. The number of rotatable bonds is 5. The van der Waals surface area contributed by atoms with Gasteiger partial charge < -0.3 is 14.6 Å². The number of ether oxygens (including phenoxy) is 1. The molecule has 0 aromatic carbocycles. The molecule has 0 fully saturated rings. The molecule has 1 amide bonds. The van der Waals surface area contributed by atoms with Crippen LogP contribution in [0.25, 0.3) is 0 Å². The fourth-order valence-corrected chi connectivity index (χ4v) is 2.49. The lowest BCUT2D eigenvalue weighted by molar-refractivity contribution is 0.0597. The van der Waals surface area contributed by atoms with E-state index in [1.54, 1.807) is 13.8 Å². The average Bonchev–Trinajstić information content (AvgIpc) is 3.10. The van der Waals surface area contributed by atoms with Crippen molar-refractivity contribution in [2.75, 3.05) is 14.2 Å². The minimum Gasteiger partial charge on any atom is -0.465 e. The predicted molar refractivity (Wildman–Crippen MR) is 80.9 cm³/mol. The number of carbonyl (C=O) groups excluding carboxylic acids is 2. The molecule has 0 saturated carbocycles. The molecule has 7 nitrogen and oxygen atoms in total. The van der Waals surface area contributed by atoms with Crippen molar-refractivity contribution in [3.63, 3.8) is 0 Å². The molecule has 2 aromatic heterocycles. The van der Waals surface area contributed by atoms with Gasteiger partial charge in [0.15, 0.2) is 0 Å². The zero-order chi connectivity index (χ0) is 18.0. The molecule has 0 radical (unpaired) electrons. The molecule has 0 aliphatic carbocycles. The lowest BCUT2D eigenvalue weighted by atomic mass is 10.1. The summed E-state index contributed by atoms with van der Waals surface area (Å²) in [7, 11) is 2.73. The summed E-state index contributed by atoms with van der Waals surface area (Å²) in [5.41, 5.74) is 1.47. The number of alkyl halides is 2. The van der Waals surface area contributed by atoms with Gasteiger partial charge in [-0.3, -0.25) is 9.36 Å². The maximum absolute atomic E-state index is 12.8. The van der Waals surface area contributed by atoms with Crippen LogP contribution in [0.15, 0.2) is 12.4 Å². The van der Waals surface area contributed by atoms with E-state index in [2.05, 4.69) is 9.97 Å². The van der Waals surface area contributed by atoms with Gasteiger partial charge in [0.1, 0.15) is 11.5 Å². The molecule has 2 aromatic rings. The van der Waals surface area contributed by atoms with Crippen molar-refractivity contribution in [2.24, 2.45) is 0 Å². The second kappa shape index (κ2) is 6.81. The highest BCUT2D eigenvalue weighted by Gasteiger charge is 2.25. The van der Waals surface area contributed by atoms with E-state index in [1.807, 2.05) is 0 Å². The molecule has 0 bridgehead atoms. The Morgan fingerprint density at radius 3 is 2.67 bits per heavy atom. The van der Waals surface area contributed by atoms with Crippen molar-refractivity contribution in [3.8, 4) is 0 Å². The number of nitrogens with one attached hydrogen (secondary N) is 1. The first-order valence-electron chi connectivity index (χ1n) is 7.10. The Bertz CT molecular complexity index is 767. The number of imidazole rings is 1. The fraction of sp³-hybridized carbons (Fsp3) is 0.400. The molecular weight excluding hydrogens is 322 g/mol. The van der Waals surface area contributed by atoms with Crippen LogP contribution in [0.2, 0.25) is 0 Å². The molecule has 130 valence electrons. The summed E-state index contributed by atoms with van der Waals surface area (Å²) >= 11 is 0. The fourth-order valence-electron chi connectivity index (χ4n) is 2.49. The summed E-state index contributed by atoms with van der Waals surface area (Å²) in [6.07, 6.45) is 2.40. The minimum absolute atomic E-state index is 0.0648. The zero-order valence-corrected chi connectivity index (χ0v) is 13.8. The van der Waals surface area contributed by atoms with Crippen LogP contribution in [-0.4, -0.2) is 45.5 Å². The number of carbonyl (C=O) groups is 2. The summed E-state index contributed by atoms with van der Waals surface area (Å²) in [5, 5.41) is 0. The summed E-state index contributed by atoms with van der Waals surface area (Å²) < 4.78 is 31.1. The standard InChI is InChI=1S/C15H18F2N4O3/c1-8-11(14(23)24-4)9(2)19-12(8)13(22)20(3)7-10-18-5-6-21(10)15(16)17/h5-6,15,19H,7H2,1-4H3. The number of hydrogen-bond donors (Lipinski definition) is 1. The first-order valence-corrected chi connectivity index (χ1v) is 7.10. The number of H-pyrrole nitrogens is 1. The van der Waals surface area contributed by atoms with Crippen molar-refractivity contribution in [1.29, 1.82) is 0 Å². The first-order chi connectivity index (χ1) is 11.3. The van der Waals surface area contributed by atoms with Crippen LogP contribution in [0.4, 0.5) is 8.78 Å². The second-order valence-corrected chi connectivity index (χ2v) is 5.31. The van der Waals surface area contributed by atoms with E-state index in [9.17, 15) is 18.4 Å². The SMILES string of the molecule is COC(=O)c1c(C)[nH]c(C(=O)N(C)Cc2nccn2C(F)F)c1C. The molecular formula is C15H18F2N4O3. The quantitative estimate of drug-likeness (QED) is 0.847. The van der Waals surface area contributed by atoms with E-state index >= 15 is 0 Å². The van der Waals surface area contributed by atoms with Crippen molar-refractivity contribution in [1.82, 2.24) is 19.4 Å². The summed E-state index contributed by atoms with van der Waals surface area (Å²) in [6.45, 7) is 0.448. The van der Waals surface area contributed by atoms with E-state index < -0.39 is 18.4 Å². The van der Waals surface area contributed by atoms with E-state index in [1.165, 1.54) is 25.3 Å². The van der Waals surface area contributed by atoms with Crippen molar-refractivity contribution in [2.45, 2.75) is 26.9 Å². The Kier molecular flexibility index (Phi) is 5.01. The van der Waals surface area contributed by atoms with Crippen LogP contribution >= 0.6 is 0 Å². The number of amides is 1. The summed E-state index contributed by atoms with van der Waals surface area (Å²) in [6, 6.07) is 0. The van der Waals surface area contributed by atoms with Crippen LogP contribution in [-0.2, 0) is 11.3 Å². The molecule has 1 N–H and O–H groups in total. The Balaban J connectivity index is 2.25. The highest BCUT2D eigenvalue weighted by molar-refractivity contribution is 6.00. The number of aromatic amines is 1. The number of hydrogen-bond acceptors (Lipinski definition) is 4. The minimum atomic E-state index is -2.73. The number of methoxy groups -OCH3 is 1. The van der Waals surface area contributed by atoms with Gasteiger partial charge in [-0.1, -0.05) is 0 Å². The molecule has 0 aliphatic heterocycles. The predicted octanol–water partition coefficient (Wildman–Crippen LogP) is 2.28. The number of aryl methyl sites for hydroxylation is 1. The van der Waals surface area contributed by atoms with Gasteiger partial charge in [-0.2, -0.15) is 8.78 Å². The number of aromatic nitrogens is 3. The highest BCUT2D eigenvalue weighted by atomic mass is 19.3. The Morgan fingerprint density at radius 1 is 1.42 bits per heavy atom. The van der Waals surface area contributed by atoms with Gasteiger partial charge in [0.25, 0.3) is 5.91 Å². The van der Waals surface area contributed by atoms with Gasteiger partial charge >= 0.3 is 12.5 Å². The normalized spacial score (nSPS) is 11.0. The lowest BCUT2D eigenvalue weighted by Gasteiger charge is -2.17. The van der Waals surface area contributed by atoms with Crippen LogP contribution < -0.4 is 0 Å². The van der Waals surface area contributed by atoms with E-state index in [0.717, 1.165) is 6.20 Å². The first kappa shape index (κ1) is 17.6. The zero-order valence-electron chi connectivity index (χ0n) is 13.8. The van der Waals surface area contributed by atoms with Gasteiger partial charge in [-0.25, -0.2) is 9.78 Å². The highest BCUT2D eigenvalue weighted by Crippen LogP contribution is 2.21. The van der Waals surface area contributed by atoms with Crippen molar-refractivity contribution < 1.29 is 23.1 Å². The van der Waals surface area contributed by atoms with Crippen LogP contribution in [0, 0.1) is 13.8 Å². The van der Waals surface area contributed by atoms with E-state index in [0.29, 0.717) is 21.4 Å². The number of esters is 1. The average molecular weight is 340 g/mol. The van der Waals surface area contributed by atoms with Crippen LogP contribution in [0.1, 0.15) is 44.5 Å². The van der Waals surface area contributed by atoms with Crippen LogP contribution in [0.5, 0.6) is 0 Å². The maximum Gasteiger partial charge on any atom is 0.339 e. The third-order valence-electron chi connectivity index (χ3n) is 3.73. The van der Waals surface area contributed by atoms with Gasteiger partial charge in [-0.15, -0.1) is 0 Å². The molecule has 0 aliphatic rings. The molecule has 9 heteroatoms. The van der Waals surface area contributed by atoms with Gasteiger partial charge in [0.05, 0.1) is 19.2 Å². The van der Waals surface area contributed by atoms with Crippen molar-refractivity contribution in [3.05, 3.63) is 40.7 Å². The molecule has 2 rings (SSSR count). The Hall–Kier alpha value is -2.71. The Morgan fingerprint density at radius 2 is 2.08 bits per heavy atom. The smallest absolute Gasteiger partial charge is 0.339 e. The molecule has 0 spiro atoms. The Labute approximate surface area is 137 Å². The second-order valence-electron chi connectivity index (χ2n) is 5.31. The number of nitrogens with zero attached hydrogens (tertiary/aromatic N) is 3.